The Morgan fingerprint density at radius 2 is 1.38 bits per heavy atom. The molecule has 2 heteroatoms. The second kappa shape index (κ2) is 9.74. The van der Waals surface area contributed by atoms with Crippen molar-refractivity contribution in [2.24, 2.45) is 0 Å². The van der Waals surface area contributed by atoms with Crippen LogP contribution in [0.3, 0.4) is 0 Å². The van der Waals surface area contributed by atoms with E-state index in [0.29, 0.717) is 5.92 Å². The Balaban J connectivity index is 0.000000313. The van der Waals surface area contributed by atoms with Crippen molar-refractivity contribution < 1.29 is 17.1 Å². The molecule has 0 aliphatic carbocycles. The summed E-state index contributed by atoms with van der Waals surface area (Å²) in [6, 6.07) is 27.4. The van der Waals surface area contributed by atoms with Crippen LogP contribution in [0.4, 0.5) is 0 Å². The molecule has 0 N–H and O–H groups in total. The van der Waals surface area contributed by atoms with Crippen LogP contribution >= 0.6 is 8.58 Å². The molecule has 0 aliphatic rings. The third kappa shape index (κ3) is 6.02. The van der Waals surface area contributed by atoms with Gasteiger partial charge in [0.15, 0.2) is 0 Å². The fraction of sp³-hybridized carbons (Fsp3) is 0.158. The number of hydrogen-bond acceptors (Lipinski definition) is 0. The van der Waals surface area contributed by atoms with E-state index >= 15 is 0 Å². The van der Waals surface area contributed by atoms with E-state index in [-0.39, 0.29) is 17.1 Å². The molecule has 0 fully saturated rings. The van der Waals surface area contributed by atoms with Gasteiger partial charge in [0.25, 0.3) is 0 Å². The van der Waals surface area contributed by atoms with Gasteiger partial charge in [0, 0.05) is 17.1 Å². The van der Waals surface area contributed by atoms with Crippen LogP contribution in [0.25, 0.3) is 0 Å². The topological polar surface area (TPSA) is 0 Å². The molecular formula is C19H21FeP-6. The smallest absolute Gasteiger partial charge is 0 e. The number of hydrogen-bond donors (Lipinski definition) is 0. The van der Waals surface area contributed by atoms with Crippen LogP contribution in [0.1, 0.15) is 25.3 Å². The Morgan fingerprint density at radius 1 is 0.857 bits per heavy atom. The molecule has 0 aromatic heterocycles. The van der Waals surface area contributed by atoms with Crippen molar-refractivity contribution in [3.63, 3.8) is 0 Å². The van der Waals surface area contributed by atoms with Gasteiger partial charge in [-0.05, 0) is 16.8 Å². The molecule has 0 radical (unpaired) electrons. The van der Waals surface area contributed by atoms with Gasteiger partial charge in [-0.3, -0.25) is 0 Å². The molecule has 0 bridgehead atoms. The largest absolute Gasteiger partial charge is 0.748 e. The van der Waals surface area contributed by atoms with E-state index in [0.717, 1.165) is 8.58 Å². The molecule has 0 spiro atoms. The van der Waals surface area contributed by atoms with E-state index in [4.69, 9.17) is 0 Å². The molecule has 0 aliphatic heterocycles. The average Bonchev–Trinajstić information content (AvgIpc) is 3.15. The summed E-state index contributed by atoms with van der Waals surface area (Å²) < 4.78 is 0. The second-order valence-electron chi connectivity index (χ2n) is 5.00. The van der Waals surface area contributed by atoms with E-state index in [2.05, 4.69) is 62.4 Å². The summed E-state index contributed by atoms with van der Waals surface area (Å²) in [7, 11) is 0.793. The van der Waals surface area contributed by atoms with Gasteiger partial charge in [0.1, 0.15) is 0 Å². The third-order valence-electron chi connectivity index (χ3n) is 3.08. The molecule has 3 aromatic carbocycles. The predicted molar refractivity (Wildman–Crippen MR) is 92.2 cm³/mol. The molecule has 0 saturated carbocycles. The van der Waals surface area contributed by atoms with E-state index in [1.54, 1.807) is 0 Å². The molecule has 21 heavy (non-hydrogen) atoms. The van der Waals surface area contributed by atoms with Gasteiger partial charge in [-0.15, -0.1) is 13.9 Å². The van der Waals surface area contributed by atoms with Crippen molar-refractivity contribution in [1.29, 1.82) is 0 Å². The Kier molecular flexibility index (Phi) is 8.31. The predicted octanol–water partition coefficient (Wildman–Crippen LogP) is 4.56. The van der Waals surface area contributed by atoms with Crippen LogP contribution in [0.15, 0.2) is 78.9 Å². The second-order valence-corrected chi connectivity index (χ2v) is 6.37. The summed E-state index contributed by atoms with van der Waals surface area (Å²) in [5.41, 5.74) is 1.48. The fourth-order valence-corrected chi connectivity index (χ4v) is 3.41. The van der Waals surface area contributed by atoms with E-state index in [1.165, 1.54) is 16.2 Å². The summed E-state index contributed by atoms with van der Waals surface area (Å²) in [6.07, 6.45) is 0. The van der Waals surface area contributed by atoms with Gasteiger partial charge in [-0.2, -0.15) is 12.1 Å². The minimum Gasteiger partial charge on any atom is -0.748 e. The molecule has 0 saturated heterocycles. The first-order valence-electron chi connectivity index (χ1n) is 7.01. The minimum atomic E-state index is 0. The van der Waals surface area contributed by atoms with Gasteiger partial charge >= 0.3 is 0 Å². The van der Waals surface area contributed by atoms with Crippen molar-refractivity contribution in [2.75, 3.05) is 0 Å². The van der Waals surface area contributed by atoms with Gasteiger partial charge < -0.3 is 30.3 Å². The molecular weight excluding hydrogens is 315 g/mol. The van der Waals surface area contributed by atoms with Gasteiger partial charge in [0.05, 0.1) is 0 Å². The molecule has 116 valence electrons. The maximum absolute atomic E-state index is 2.26. The summed E-state index contributed by atoms with van der Waals surface area (Å²) in [6.45, 7) is 4.52. The Bertz CT molecular complexity index is 563. The zero-order valence-corrected chi connectivity index (χ0v) is 14.5. The standard InChI is InChI=1S/C14H16P.C5H5.Fe/c1-11(2)13-9-5-6-10-14(13)15-12-7-3-4-8-12;1-2-4-5-3-1;/h3-11,15H,1-2H3;1-5H;/q-1;-5;. The Morgan fingerprint density at radius 3 is 1.90 bits per heavy atom. The van der Waals surface area contributed by atoms with Crippen LogP contribution < -0.4 is 10.6 Å². The first-order chi connectivity index (χ1) is 9.77. The quantitative estimate of drug-likeness (QED) is 0.374. The van der Waals surface area contributed by atoms with Crippen LogP contribution in [0.5, 0.6) is 0 Å². The van der Waals surface area contributed by atoms with E-state index < -0.39 is 0 Å². The maximum Gasteiger partial charge on any atom is 0 e. The minimum absolute atomic E-state index is 0. The molecule has 0 nitrogen and oxygen atoms in total. The zero-order chi connectivity index (χ0) is 14.2. The zero-order valence-electron chi connectivity index (χ0n) is 12.4. The van der Waals surface area contributed by atoms with Crippen LogP contribution in [0.2, 0.25) is 0 Å². The summed E-state index contributed by atoms with van der Waals surface area (Å²) in [5.74, 6) is 0.615. The summed E-state index contributed by atoms with van der Waals surface area (Å²) in [5, 5.41) is 2.92. The number of rotatable bonds is 3. The average molecular weight is 336 g/mol. The molecule has 0 heterocycles. The van der Waals surface area contributed by atoms with Gasteiger partial charge in [-0.25, -0.2) is 12.1 Å². The first kappa shape index (κ1) is 17.9. The normalized spacial score (nSPS) is 10.2. The Hall–Kier alpha value is -1.13. The summed E-state index contributed by atoms with van der Waals surface area (Å²) in [4.78, 5) is 0. The molecule has 3 aromatic rings. The van der Waals surface area contributed by atoms with Crippen molar-refractivity contribution in [3.8, 4) is 0 Å². The number of benzene rings is 1. The fourth-order valence-electron chi connectivity index (χ4n) is 2.05. The molecule has 1 atom stereocenters. The van der Waals surface area contributed by atoms with E-state index in [1.807, 2.05) is 30.3 Å². The third-order valence-corrected chi connectivity index (χ3v) is 4.43. The van der Waals surface area contributed by atoms with E-state index in [9.17, 15) is 0 Å². The molecule has 3 rings (SSSR count). The Labute approximate surface area is 140 Å². The summed E-state index contributed by atoms with van der Waals surface area (Å²) >= 11 is 0. The molecule has 0 amide bonds. The molecule has 1 unspecified atom stereocenters. The van der Waals surface area contributed by atoms with Crippen molar-refractivity contribution in [3.05, 3.63) is 84.4 Å². The van der Waals surface area contributed by atoms with Crippen molar-refractivity contribution in [2.45, 2.75) is 19.8 Å². The van der Waals surface area contributed by atoms with Gasteiger partial charge in [0.2, 0.25) is 0 Å². The van der Waals surface area contributed by atoms with Crippen molar-refractivity contribution in [1.82, 2.24) is 0 Å². The van der Waals surface area contributed by atoms with Gasteiger partial charge in [-0.1, -0.05) is 38.1 Å². The maximum atomic E-state index is 2.26. The first-order valence-corrected chi connectivity index (χ1v) is 8.01. The van der Waals surface area contributed by atoms with Crippen molar-refractivity contribution >= 4 is 19.2 Å². The van der Waals surface area contributed by atoms with Crippen LogP contribution in [0, 0.1) is 0 Å². The van der Waals surface area contributed by atoms with Crippen LogP contribution in [-0.2, 0) is 17.1 Å². The monoisotopic (exact) mass is 336 g/mol. The van der Waals surface area contributed by atoms with Crippen LogP contribution in [-0.4, -0.2) is 0 Å². The SMILES string of the molecule is CC(C)c1ccccc1P[c-]1cccc1.[Fe].[cH-]1[cH-][cH-][cH-][cH-]1.